The Morgan fingerprint density at radius 2 is 1.05 bits per heavy atom. The molecule has 0 amide bonds. The van der Waals surface area contributed by atoms with Gasteiger partial charge in [0, 0.05) is 0 Å². The number of phenols is 1. The summed E-state index contributed by atoms with van der Waals surface area (Å²) in [5.41, 5.74) is 0. The molecule has 0 aromatic heterocycles. The quantitative estimate of drug-likeness (QED) is 0.656. The normalized spacial score (nSPS) is 12.0. The van der Waals surface area contributed by atoms with E-state index in [1.54, 1.807) is 12.1 Å². The minimum Gasteiger partial charge on any atom is -0.508 e. The Bertz CT molecular complexity index is 681. The zero-order chi connectivity index (χ0) is 15.4. The summed E-state index contributed by atoms with van der Waals surface area (Å²) >= 11 is 0. The Hall–Kier alpha value is -2.19. The molecule has 0 aliphatic rings. The molecule has 0 unspecified atom stereocenters. The number of phenolic OH excluding ortho intramolecular Hbond substituents is 1. The molecule has 0 saturated heterocycles. The van der Waals surface area contributed by atoms with Crippen LogP contribution in [0.1, 0.15) is 6.92 Å². The maximum atomic E-state index is 9.65. The molecule has 3 aromatic rings. The number of rotatable bonds is 4. The minimum atomic E-state index is -1.30. The van der Waals surface area contributed by atoms with Gasteiger partial charge in [-0.3, -0.25) is 0 Å². The lowest BCUT2D eigenvalue weighted by molar-refractivity contribution is 0.475. The van der Waals surface area contributed by atoms with Gasteiger partial charge in [-0.1, -0.05) is 43.3 Å². The Balaban J connectivity index is 2.28. The molecule has 0 fully saturated rings. The van der Waals surface area contributed by atoms with Crippen molar-refractivity contribution in [3.8, 4) is 5.75 Å². The van der Waals surface area contributed by atoms with Gasteiger partial charge in [0.05, 0.1) is 0 Å². The van der Waals surface area contributed by atoms with Crippen LogP contribution < -0.4 is 0 Å². The maximum Gasteiger partial charge on any atom is 0.115 e. The molecule has 0 radical (unpaired) electrons. The van der Waals surface area contributed by atoms with Crippen molar-refractivity contribution in [2.45, 2.75) is 21.6 Å². The first-order valence-electron chi connectivity index (χ1n) is 7.47. The average molecular weight is 308 g/mol. The molecular weight excluding hydrogens is 288 g/mol. The lowest BCUT2D eigenvalue weighted by Gasteiger charge is -2.40. The molecule has 2 heteroatoms. The molecule has 112 valence electrons. The number of hydrogen-bond acceptors (Lipinski definition) is 1. The third kappa shape index (κ3) is 2.51. The van der Waals surface area contributed by atoms with E-state index in [0.717, 1.165) is 5.75 Å². The second kappa shape index (κ2) is 6.29. The first-order chi connectivity index (χ1) is 10.8. The average Bonchev–Trinajstić information content (AvgIpc) is 2.59. The molecule has 22 heavy (non-hydrogen) atoms. The van der Waals surface area contributed by atoms with Crippen molar-refractivity contribution in [3.05, 3.63) is 84.9 Å². The van der Waals surface area contributed by atoms with Crippen molar-refractivity contribution >= 4 is 10.0 Å². The predicted octanol–water partition coefficient (Wildman–Crippen LogP) is 5.69. The van der Waals surface area contributed by atoms with Crippen LogP contribution in [0.3, 0.4) is 0 Å². The first-order valence-corrected chi connectivity index (χ1v) is 9.28. The highest BCUT2D eigenvalue weighted by molar-refractivity contribution is 8.33. The van der Waals surface area contributed by atoms with Crippen LogP contribution in [0.25, 0.3) is 0 Å². The van der Waals surface area contributed by atoms with Gasteiger partial charge in [-0.25, -0.2) is 0 Å². The van der Waals surface area contributed by atoms with E-state index in [0.29, 0.717) is 5.75 Å². The molecule has 0 aliphatic carbocycles. The van der Waals surface area contributed by atoms with E-state index in [1.807, 2.05) is 0 Å². The SMILES string of the molecule is CCS(c1ccccc1)(c1ccccc1)c1ccc(O)cc1. The Kier molecular flexibility index (Phi) is 4.21. The van der Waals surface area contributed by atoms with Crippen LogP contribution in [-0.2, 0) is 0 Å². The monoisotopic (exact) mass is 308 g/mol. The van der Waals surface area contributed by atoms with E-state index >= 15 is 0 Å². The van der Waals surface area contributed by atoms with Gasteiger partial charge in [0.1, 0.15) is 5.75 Å². The van der Waals surface area contributed by atoms with Crippen LogP contribution in [-0.4, -0.2) is 10.9 Å². The molecule has 0 saturated carbocycles. The molecule has 1 nitrogen and oxygen atoms in total. The van der Waals surface area contributed by atoms with Crippen LogP contribution in [0.15, 0.2) is 99.6 Å². The standard InChI is InChI=1S/C20H20OS/c1-2-22(18-9-5-3-6-10-18,19-11-7-4-8-12-19)20-15-13-17(21)14-16-20/h3-16,21H,2H2,1H3. The Morgan fingerprint density at radius 3 is 1.45 bits per heavy atom. The van der Waals surface area contributed by atoms with Gasteiger partial charge in [0.25, 0.3) is 0 Å². The number of benzene rings is 3. The second-order valence-electron chi connectivity index (χ2n) is 5.15. The lowest BCUT2D eigenvalue weighted by atomic mass is 10.3. The molecular formula is C20H20OS. The van der Waals surface area contributed by atoms with E-state index in [2.05, 4.69) is 79.7 Å². The summed E-state index contributed by atoms with van der Waals surface area (Å²) in [6, 6.07) is 29.1. The zero-order valence-electron chi connectivity index (χ0n) is 12.6. The van der Waals surface area contributed by atoms with Gasteiger partial charge in [-0.05, 0) is 69.0 Å². The summed E-state index contributed by atoms with van der Waals surface area (Å²) < 4.78 is 0. The molecule has 3 rings (SSSR count). The summed E-state index contributed by atoms with van der Waals surface area (Å²) in [5.74, 6) is 1.35. The summed E-state index contributed by atoms with van der Waals surface area (Å²) in [4.78, 5) is 3.99. The molecule has 3 aromatic carbocycles. The van der Waals surface area contributed by atoms with Gasteiger partial charge in [-0.2, -0.15) is 10.0 Å². The van der Waals surface area contributed by atoms with Gasteiger partial charge in [0.15, 0.2) is 0 Å². The third-order valence-corrected chi connectivity index (χ3v) is 8.06. The fraction of sp³-hybridized carbons (Fsp3) is 0.100. The van der Waals surface area contributed by atoms with Crippen molar-refractivity contribution in [3.63, 3.8) is 0 Å². The number of hydrogen-bond donors (Lipinski definition) is 1. The first kappa shape index (κ1) is 14.7. The van der Waals surface area contributed by atoms with Crippen molar-refractivity contribution in [1.82, 2.24) is 0 Å². The molecule has 0 spiro atoms. The van der Waals surface area contributed by atoms with Crippen molar-refractivity contribution in [2.75, 3.05) is 5.75 Å². The van der Waals surface area contributed by atoms with E-state index in [9.17, 15) is 5.11 Å². The summed E-state index contributed by atoms with van der Waals surface area (Å²) in [6.45, 7) is 2.25. The smallest absolute Gasteiger partial charge is 0.115 e. The van der Waals surface area contributed by atoms with Gasteiger partial charge in [0.2, 0.25) is 0 Å². The third-order valence-electron chi connectivity index (χ3n) is 3.96. The topological polar surface area (TPSA) is 20.2 Å². The van der Waals surface area contributed by atoms with Crippen molar-refractivity contribution in [1.29, 1.82) is 0 Å². The van der Waals surface area contributed by atoms with Crippen LogP contribution in [0.2, 0.25) is 0 Å². The fourth-order valence-corrected chi connectivity index (χ4v) is 6.55. The van der Waals surface area contributed by atoms with E-state index < -0.39 is 10.0 Å². The highest BCUT2D eigenvalue weighted by Gasteiger charge is 2.28. The van der Waals surface area contributed by atoms with E-state index in [-0.39, 0.29) is 0 Å². The maximum absolute atomic E-state index is 9.65. The molecule has 0 bridgehead atoms. The largest absolute Gasteiger partial charge is 0.508 e. The zero-order valence-corrected chi connectivity index (χ0v) is 13.5. The molecule has 0 atom stereocenters. The molecule has 1 N–H and O–H groups in total. The van der Waals surface area contributed by atoms with Gasteiger partial charge >= 0.3 is 0 Å². The molecule has 0 aliphatic heterocycles. The second-order valence-corrected chi connectivity index (χ2v) is 8.62. The summed E-state index contributed by atoms with van der Waals surface area (Å²) in [7, 11) is -1.30. The van der Waals surface area contributed by atoms with E-state index in [4.69, 9.17) is 0 Å². The Labute approximate surface area is 133 Å². The van der Waals surface area contributed by atoms with Crippen LogP contribution in [0.4, 0.5) is 0 Å². The van der Waals surface area contributed by atoms with Gasteiger partial charge < -0.3 is 5.11 Å². The van der Waals surface area contributed by atoms with Crippen LogP contribution >= 0.6 is 10.0 Å². The summed E-state index contributed by atoms with van der Waals surface area (Å²) in [5, 5.41) is 9.65. The van der Waals surface area contributed by atoms with Crippen molar-refractivity contribution in [2.24, 2.45) is 0 Å². The van der Waals surface area contributed by atoms with Crippen molar-refractivity contribution < 1.29 is 5.11 Å². The predicted molar refractivity (Wildman–Crippen MR) is 93.9 cm³/mol. The van der Waals surface area contributed by atoms with Gasteiger partial charge in [-0.15, -0.1) is 0 Å². The van der Waals surface area contributed by atoms with Crippen LogP contribution in [0.5, 0.6) is 5.75 Å². The minimum absolute atomic E-state index is 0.314. The molecule has 0 heterocycles. The highest BCUT2D eigenvalue weighted by atomic mass is 32.3. The fourth-order valence-electron chi connectivity index (χ4n) is 2.89. The summed E-state index contributed by atoms with van der Waals surface area (Å²) in [6.07, 6.45) is 0. The van der Waals surface area contributed by atoms with Crippen LogP contribution in [0, 0.1) is 0 Å². The Morgan fingerprint density at radius 1 is 0.636 bits per heavy atom. The highest BCUT2D eigenvalue weighted by Crippen LogP contribution is 2.67. The van der Waals surface area contributed by atoms with E-state index in [1.165, 1.54) is 14.7 Å². The lowest BCUT2D eigenvalue weighted by Crippen LogP contribution is -2.06. The number of aromatic hydroxyl groups is 1.